The van der Waals surface area contributed by atoms with Gasteiger partial charge in [-0.15, -0.1) is 5.92 Å². The van der Waals surface area contributed by atoms with Crippen LogP contribution in [0.15, 0.2) is 36.5 Å². The van der Waals surface area contributed by atoms with E-state index in [0.717, 1.165) is 22.3 Å². The van der Waals surface area contributed by atoms with E-state index in [2.05, 4.69) is 16.8 Å². The Hall–Kier alpha value is -3.59. The molecule has 2 aliphatic rings. The van der Waals surface area contributed by atoms with Gasteiger partial charge in [-0.05, 0) is 80.0 Å². The summed E-state index contributed by atoms with van der Waals surface area (Å²) in [6.45, 7) is 6.39. The lowest BCUT2D eigenvalue weighted by molar-refractivity contribution is -0.147. The first-order valence-electron chi connectivity index (χ1n) is 12.0. The van der Waals surface area contributed by atoms with Crippen molar-refractivity contribution >= 4 is 23.3 Å². The monoisotopic (exact) mass is 470 g/mol. The first-order valence-corrected chi connectivity index (χ1v) is 12.0. The van der Waals surface area contributed by atoms with Gasteiger partial charge in [0.05, 0.1) is 6.42 Å². The van der Waals surface area contributed by atoms with Gasteiger partial charge in [0.25, 0.3) is 5.91 Å². The van der Waals surface area contributed by atoms with Gasteiger partial charge in [-0.1, -0.05) is 12.0 Å². The Morgan fingerprint density at radius 3 is 2.23 bits per heavy atom. The largest absolute Gasteiger partial charge is 0.336 e. The van der Waals surface area contributed by atoms with Gasteiger partial charge in [0.15, 0.2) is 0 Å². The van der Waals surface area contributed by atoms with Gasteiger partial charge in [0.2, 0.25) is 5.78 Å². The summed E-state index contributed by atoms with van der Waals surface area (Å²) in [5.74, 6) is 4.10. The highest BCUT2D eigenvalue weighted by atomic mass is 16.2. The number of aryl methyl sites for hydroxylation is 2. The van der Waals surface area contributed by atoms with E-state index in [-0.39, 0.29) is 18.0 Å². The molecule has 0 bridgehead atoms. The zero-order chi connectivity index (χ0) is 25.2. The molecule has 0 N–H and O–H groups in total. The number of carbonyl (C=O) groups excluding carboxylic acids is 4. The lowest BCUT2D eigenvalue weighted by atomic mass is 9.62. The molecule has 6 heteroatoms. The van der Waals surface area contributed by atoms with Gasteiger partial charge in [-0.25, -0.2) is 0 Å². The SMILES string of the molecule is CC#Cc1cc(C)c(C2C(=O)CC3(CCN(C(=O)C(=O)Cc4ccccn4)CC3)CC2=O)c(C)c1. The van der Waals surface area contributed by atoms with E-state index in [1.165, 1.54) is 0 Å². The molecule has 0 radical (unpaired) electrons. The molecule has 2 fully saturated rings. The highest BCUT2D eigenvalue weighted by molar-refractivity contribution is 6.36. The molecule has 4 rings (SSSR count). The summed E-state index contributed by atoms with van der Waals surface area (Å²) >= 11 is 0. The Balaban J connectivity index is 1.43. The van der Waals surface area contributed by atoms with Crippen LogP contribution in [0.5, 0.6) is 0 Å². The third-order valence-electron chi connectivity index (χ3n) is 7.31. The molecule has 6 nitrogen and oxygen atoms in total. The number of ketones is 3. The first kappa shape index (κ1) is 24.5. The summed E-state index contributed by atoms with van der Waals surface area (Å²) in [5.41, 5.74) is 3.65. The molecule has 0 unspecified atom stereocenters. The molecule has 1 amide bonds. The zero-order valence-corrected chi connectivity index (χ0v) is 20.5. The van der Waals surface area contributed by atoms with E-state index in [0.29, 0.717) is 44.5 Å². The summed E-state index contributed by atoms with van der Waals surface area (Å²) in [6, 6.07) is 9.15. The Kier molecular flexibility index (Phi) is 6.98. The number of benzene rings is 1. The lowest BCUT2D eigenvalue weighted by Gasteiger charge is -2.44. The third kappa shape index (κ3) is 5.09. The number of rotatable bonds is 4. The summed E-state index contributed by atoms with van der Waals surface area (Å²) < 4.78 is 0. The maximum Gasteiger partial charge on any atom is 0.290 e. The van der Waals surface area contributed by atoms with Gasteiger partial charge >= 0.3 is 0 Å². The Labute approximate surface area is 206 Å². The smallest absolute Gasteiger partial charge is 0.290 e. The van der Waals surface area contributed by atoms with Crippen molar-refractivity contribution in [1.82, 2.24) is 9.88 Å². The molecule has 1 aromatic heterocycles. The van der Waals surface area contributed by atoms with Crippen LogP contribution in [0, 0.1) is 31.1 Å². The van der Waals surface area contributed by atoms with Crippen LogP contribution in [0.3, 0.4) is 0 Å². The summed E-state index contributed by atoms with van der Waals surface area (Å²) in [4.78, 5) is 57.5. The minimum absolute atomic E-state index is 0.0265. The molecular weight excluding hydrogens is 440 g/mol. The molecule has 1 aliphatic heterocycles. The van der Waals surface area contributed by atoms with Gasteiger partial charge in [-0.3, -0.25) is 24.2 Å². The van der Waals surface area contributed by atoms with Crippen molar-refractivity contribution < 1.29 is 19.2 Å². The number of pyridine rings is 1. The van der Waals surface area contributed by atoms with Crippen molar-refractivity contribution in [3.05, 3.63) is 64.5 Å². The van der Waals surface area contributed by atoms with Crippen LogP contribution in [0.1, 0.15) is 66.5 Å². The number of likely N-dealkylation sites (tertiary alicyclic amines) is 1. The molecule has 1 saturated heterocycles. The zero-order valence-electron chi connectivity index (χ0n) is 20.5. The van der Waals surface area contributed by atoms with Gasteiger partial charge in [0.1, 0.15) is 17.5 Å². The van der Waals surface area contributed by atoms with Crippen LogP contribution in [-0.2, 0) is 25.6 Å². The Bertz CT molecular complexity index is 1200. The van der Waals surface area contributed by atoms with Gasteiger partial charge in [0, 0.05) is 43.4 Å². The predicted molar refractivity (Wildman–Crippen MR) is 132 cm³/mol. The second kappa shape index (κ2) is 9.95. The number of carbonyl (C=O) groups is 4. The Morgan fingerprint density at radius 2 is 1.69 bits per heavy atom. The van der Waals surface area contributed by atoms with Crippen molar-refractivity contribution in [3.8, 4) is 11.8 Å². The molecule has 2 heterocycles. The van der Waals surface area contributed by atoms with Crippen LogP contribution in [-0.4, -0.2) is 46.2 Å². The van der Waals surface area contributed by atoms with E-state index in [9.17, 15) is 19.2 Å². The fourth-order valence-electron chi connectivity index (χ4n) is 5.61. The van der Waals surface area contributed by atoms with E-state index in [4.69, 9.17) is 0 Å². The molecular formula is C29H30N2O4. The minimum Gasteiger partial charge on any atom is -0.336 e. The molecule has 35 heavy (non-hydrogen) atoms. The number of hydrogen-bond acceptors (Lipinski definition) is 5. The second-order valence-corrected chi connectivity index (χ2v) is 9.83. The number of aromatic nitrogens is 1. The fraction of sp³-hybridized carbons (Fsp3) is 0.414. The maximum absolute atomic E-state index is 13.3. The average Bonchev–Trinajstić information content (AvgIpc) is 2.81. The predicted octanol–water partition coefficient (Wildman–Crippen LogP) is 3.51. The van der Waals surface area contributed by atoms with Crippen LogP contribution in [0.25, 0.3) is 0 Å². The summed E-state index contributed by atoms with van der Waals surface area (Å²) in [7, 11) is 0. The van der Waals surface area contributed by atoms with Crippen LogP contribution >= 0.6 is 0 Å². The molecule has 1 spiro atoms. The number of nitrogens with zero attached hydrogens (tertiary/aromatic N) is 2. The lowest BCUT2D eigenvalue weighted by Crippen LogP contribution is -2.50. The fourth-order valence-corrected chi connectivity index (χ4v) is 5.61. The first-order chi connectivity index (χ1) is 16.7. The quantitative estimate of drug-likeness (QED) is 0.388. The molecule has 1 aromatic carbocycles. The van der Waals surface area contributed by atoms with Crippen molar-refractivity contribution in [2.24, 2.45) is 5.41 Å². The molecule has 1 saturated carbocycles. The van der Waals surface area contributed by atoms with Crippen LogP contribution in [0.4, 0.5) is 0 Å². The topological polar surface area (TPSA) is 84.4 Å². The number of piperidine rings is 1. The van der Waals surface area contributed by atoms with E-state index < -0.39 is 23.0 Å². The van der Waals surface area contributed by atoms with E-state index >= 15 is 0 Å². The van der Waals surface area contributed by atoms with Gasteiger partial charge in [-0.2, -0.15) is 0 Å². The normalized spacial score (nSPS) is 17.7. The van der Waals surface area contributed by atoms with E-state index in [1.54, 1.807) is 36.2 Å². The molecule has 1 aliphatic carbocycles. The highest BCUT2D eigenvalue weighted by Crippen LogP contribution is 2.46. The molecule has 0 atom stereocenters. The summed E-state index contributed by atoms with van der Waals surface area (Å²) in [5, 5.41) is 0. The number of hydrogen-bond donors (Lipinski definition) is 0. The number of Topliss-reactive ketones (excluding diaryl/α,β-unsaturated/α-hetero) is 3. The standard InChI is InChI=1S/C29H30N2O4/c1-4-7-21-14-19(2)26(20(3)15-21)27-24(33)17-29(18-25(27)34)9-12-31(13-10-29)28(35)23(32)16-22-8-5-6-11-30-22/h5-6,8,11,14-15,27H,9-10,12-13,16-18H2,1-3H3. The van der Waals surface area contributed by atoms with Crippen molar-refractivity contribution in [2.45, 2.75) is 58.8 Å². The van der Waals surface area contributed by atoms with Crippen molar-refractivity contribution in [3.63, 3.8) is 0 Å². The summed E-state index contributed by atoms with van der Waals surface area (Å²) in [6.07, 6.45) is 3.30. The van der Waals surface area contributed by atoms with Crippen LogP contribution in [0.2, 0.25) is 0 Å². The molecule has 180 valence electrons. The van der Waals surface area contributed by atoms with Crippen molar-refractivity contribution in [1.29, 1.82) is 0 Å². The highest BCUT2D eigenvalue weighted by Gasteiger charge is 2.48. The van der Waals surface area contributed by atoms with Crippen LogP contribution < -0.4 is 0 Å². The second-order valence-electron chi connectivity index (χ2n) is 9.83. The molecule has 2 aromatic rings. The minimum atomic E-state index is -0.733. The average molecular weight is 471 g/mol. The van der Waals surface area contributed by atoms with Gasteiger partial charge < -0.3 is 4.90 Å². The van der Waals surface area contributed by atoms with E-state index in [1.807, 2.05) is 26.0 Å². The third-order valence-corrected chi connectivity index (χ3v) is 7.31. The maximum atomic E-state index is 13.3. The Morgan fingerprint density at radius 1 is 1.06 bits per heavy atom. The van der Waals surface area contributed by atoms with Crippen molar-refractivity contribution in [2.75, 3.05) is 13.1 Å². The number of amides is 1.